The molecule has 6 heteroatoms. The number of piperazine rings is 1. The van der Waals surface area contributed by atoms with Crippen LogP contribution in [0.2, 0.25) is 0 Å². The highest BCUT2D eigenvalue weighted by atomic mass is 19.1. The summed E-state index contributed by atoms with van der Waals surface area (Å²) in [5.41, 5.74) is 1.62. The van der Waals surface area contributed by atoms with Gasteiger partial charge in [0.05, 0.1) is 0 Å². The second-order valence-corrected chi connectivity index (χ2v) is 6.16. The number of amides is 1. The van der Waals surface area contributed by atoms with E-state index in [2.05, 4.69) is 20.1 Å². The Kier molecular flexibility index (Phi) is 5.60. The summed E-state index contributed by atoms with van der Waals surface area (Å²) in [6.45, 7) is 6.68. The molecule has 0 spiro atoms. The summed E-state index contributed by atoms with van der Waals surface area (Å²) >= 11 is 0. The average molecular weight is 342 g/mol. The van der Waals surface area contributed by atoms with E-state index in [1.165, 1.54) is 6.07 Å². The number of hydrogen-bond donors (Lipinski definition) is 1. The standard InChI is InChI=1S/C19H23FN4O/c1-2-21-19(25)16-6-7-22-18(13-16)24-10-8-23(9-11-24)14-15-4-3-5-17(20)12-15/h3-7,12-13H,2,8-11,14H2,1H3,(H,21,25). The predicted octanol–water partition coefficient (Wildman–Crippen LogP) is 2.29. The van der Waals surface area contributed by atoms with E-state index in [0.29, 0.717) is 12.1 Å². The minimum Gasteiger partial charge on any atom is -0.354 e. The number of halogens is 1. The summed E-state index contributed by atoms with van der Waals surface area (Å²) in [4.78, 5) is 20.9. The molecule has 0 aliphatic carbocycles. The minimum absolute atomic E-state index is 0.0732. The van der Waals surface area contributed by atoms with Gasteiger partial charge in [0.25, 0.3) is 5.91 Å². The minimum atomic E-state index is -0.192. The smallest absolute Gasteiger partial charge is 0.251 e. The molecule has 1 N–H and O–H groups in total. The fourth-order valence-electron chi connectivity index (χ4n) is 3.02. The number of anilines is 1. The maximum Gasteiger partial charge on any atom is 0.251 e. The molecule has 0 unspecified atom stereocenters. The zero-order chi connectivity index (χ0) is 17.6. The molecule has 1 aliphatic heterocycles. The third-order valence-electron chi connectivity index (χ3n) is 4.34. The molecule has 1 amide bonds. The van der Waals surface area contributed by atoms with Gasteiger partial charge in [-0.15, -0.1) is 0 Å². The molecule has 0 atom stereocenters. The number of benzene rings is 1. The molecule has 1 aromatic carbocycles. The van der Waals surface area contributed by atoms with Gasteiger partial charge in [-0.05, 0) is 36.8 Å². The van der Waals surface area contributed by atoms with Crippen molar-refractivity contribution in [1.29, 1.82) is 0 Å². The molecular weight excluding hydrogens is 319 g/mol. The number of rotatable bonds is 5. The van der Waals surface area contributed by atoms with Crippen molar-refractivity contribution in [3.8, 4) is 0 Å². The summed E-state index contributed by atoms with van der Waals surface area (Å²) < 4.78 is 13.3. The molecule has 3 rings (SSSR count). The van der Waals surface area contributed by atoms with E-state index in [1.807, 2.05) is 19.1 Å². The van der Waals surface area contributed by atoms with E-state index in [9.17, 15) is 9.18 Å². The summed E-state index contributed by atoms with van der Waals surface area (Å²) in [5, 5.41) is 2.81. The highest BCUT2D eigenvalue weighted by Crippen LogP contribution is 2.17. The quantitative estimate of drug-likeness (QED) is 0.906. The van der Waals surface area contributed by atoms with Crippen LogP contribution in [0.25, 0.3) is 0 Å². The Bertz CT molecular complexity index is 729. The topological polar surface area (TPSA) is 48.5 Å². The average Bonchev–Trinajstić information content (AvgIpc) is 2.63. The van der Waals surface area contributed by atoms with Gasteiger partial charge in [0.1, 0.15) is 11.6 Å². The Morgan fingerprint density at radius 1 is 1.20 bits per heavy atom. The van der Waals surface area contributed by atoms with Gasteiger partial charge < -0.3 is 10.2 Å². The molecule has 0 saturated carbocycles. The van der Waals surface area contributed by atoms with Crippen molar-refractivity contribution in [3.05, 3.63) is 59.5 Å². The van der Waals surface area contributed by atoms with E-state index in [4.69, 9.17) is 0 Å². The maximum absolute atomic E-state index is 13.3. The van der Waals surface area contributed by atoms with Crippen LogP contribution in [0, 0.1) is 5.82 Å². The first-order valence-electron chi connectivity index (χ1n) is 8.61. The van der Waals surface area contributed by atoms with Crippen LogP contribution in [0.15, 0.2) is 42.6 Å². The lowest BCUT2D eigenvalue weighted by Gasteiger charge is -2.35. The van der Waals surface area contributed by atoms with Crippen molar-refractivity contribution in [2.45, 2.75) is 13.5 Å². The van der Waals surface area contributed by atoms with E-state index in [0.717, 1.165) is 44.1 Å². The van der Waals surface area contributed by atoms with Crippen LogP contribution in [0.5, 0.6) is 0 Å². The number of carbonyl (C=O) groups is 1. The zero-order valence-electron chi connectivity index (χ0n) is 14.4. The van der Waals surface area contributed by atoms with Crippen LogP contribution in [-0.4, -0.2) is 48.5 Å². The number of aromatic nitrogens is 1. The van der Waals surface area contributed by atoms with Crippen LogP contribution in [0.1, 0.15) is 22.8 Å². The third kappa shape index (κ3) is 4.54. The summed E-state index contributed by atoms with van der Waals surface area (Å²) in [7, 11) is 0. The summed E-state index contributed by atoms with van der Waals surface area (Å²) in [6, 6.07) is 10.3. The second-order valence-electron chi connectivity index (χ2n) is 6.16. The number of pyridine rings is 1. The van der Waals surface area contributed by atoms with Crippen LogP contribution < -0.4 is 10.2 Å². The van der Waals surface area contributed by atoms with Crippen LogP contribution >= 0.6 is 0 Å². The van der Waals surface area contributed by atoms with E-state index < -0.39 is 0 Å². The van der Waals surface area contributed by atoms with Gasteiger partial charge in [-0.3, -0.25) is 9.69 Å². The summed E-state index contributed by atoms with van der Waals surface area (Å²) in [5.74, 6) is 0.563. The van der Waals surface area contributed by atoms with Gasteiger partial charge in [0.15, 0.2) is 0 Å². The lowest BCUT2D eigenvalue weighted by Crippen LogP contribution is -2.46. The van der Waals surface area contributed by atoms with Gasteiger partial charge >= 0.3 is 0 Å². The Labute approximate surface area is 147 Å². The molecule has 1 saturated heterocycles. The van der Waals surface area contributed by atoms with Crippen LogP contribution in [-0.2, 0) is 6.54 Å². The van der Waals surface area contributed by atoms with Gasteiger partial charge in [-0.25, -0.2) is 9.37 Å². The van der Waals surface area contributed by atoms with Crippen molar-refractivity contribution in [2.75, 3.05) is 37.6 Å². The molecule has 1 aliphatic rings. The first-order valence-corrected chi connectivity index (χ1v) is 8.61. The van der Waals surface area contributed by atoms with Crippen molar-refractivity contribution in [2.24, 2.45) is 0 Å². The molecule has 25 heavy (non-hydrogen) atoms. The zero-order valence-corrected chi connectivity index (χ0v) is 14.4. The molecule has 5 nitrogen and oxygen atoms in total. The number of hydrogen-bond acceptors (Lipinski definition) is 4. The molecule has 132 valence electrons. The van der Waals surface area contributed by atoms with Crippen molar-refractivity contribution in [1.82, 2.24) is 15.2 Å². The number of carbonyl (C=O) groups excluding carboxylic acids is 1. The largest absolute Gasteiger partial charge is 0.354 e. The molecule has 1 fully saturated rings. The molecule has 2 aromatic rings. The number of nitrogens with zero attached hydrogens (tertiary/aromatic N) is 3. The Hall–Kier alpha value is -2.47. The summed E-state index contributed by atoms with van der Waals surface area (Å²) in [6.07, 6.45) is 1.68. The normalized spacial score (nSPS) is 15.2. The Morgan fingerprint density at radius 3 is 2.72 bits per heavy atom. The fraction of sp³-hybridized carbons (Fsp3) is 0.368. The maximum atomic E-state index is 13.3. The third-order valence-corrected chi connectivity index (χ3v) is 4.34. The van der Waals surface area contributed by atoms with E-state index in [-0.39, 0.29) is 11.7 Å². The Balaban J connectivity index is 1.59. The fourth-order valence-corrected chi connectivity index (χ4v) is 3.02. The SMILES string of the molecule is CCNC(=O)c1ccnc(N2CCN(Cc3cccc(F)c3)CC2)c1. The molecule has 1 aromatic heterocycles. The van der Waals surface area contributed by atoms with Gasteiger partial charge in [-0.1, -0.05) is 12.1 Å². The Morgan fingerprint density at radius 2 is 2.00 bits per heavy atom. The first-order chi connectivity index (χ1) is 12.2. The molecule has 0 radical (unpaired) electrons. The van der Waals surface area contributed by atoms with Crippen molar-refractivity contribution >= 4 is 11.7 Å². The lowest BCUT2D eigenvalue weighted by atomic mass is 10.2. The van der Waals surface area contributed by atoms with Crippen molar-refractivity contribution < 1.29 is 9.18 Å². The van der Waals surface area contributed by atoms with E-state index in [1.54, 1.807) is 24.4 Å². The molecular formula is C19H23FN4O. The first kappa shape index (κ1) is 17.4. The molecule has 0 bridgehead atoms. The van der Waals surface area contributed by atoms with Gasteiger partial charge in [0, 0.05) is 51.0 Å². The van der Waals surface area contributed by atoms with E-state index >= 15 is 0 Å². The van der Waals surface area contributed by atoms with Gasteiger partial charge in [0.2, 0.25) is 0 Å². The second kappa shape index (κ2) is 8.07. The van der Waals surface area contributed by atoms with Gasteiger partial charge in [-0.2, -0.15) is 0 Å². The highest BCUT2D eigenvalue weighted by molar-refractivity contribution is 5.94. The molecule has 2 heterocycles. The monoisotopic (exact) mass is 342 g/mol. The van der Waals surface area contributed by atoms with Crippen LogP contribution in [0.3, 0.4) is 0 Å². The number of nitrogens with one attached hydrogen (secondary N) is 1. The van der Waals surface area contributed by atoms with Crippen molar-refractivity contribution in [3.63, 3.8) is 0 Å². The highest BCUT2D eigenvalue weighted by Gasteiger charge is 2.19. The predicted molar refractivity (Wildman–Crippen MR) is 96.1 cm³/mol. The van der Waals surface area contributed by atoms with Crippen LogP contribution in [0.4, 0.5) is 10.2 Å². The lowest BCUT2D eigenvalue weighted by molar-refractivity contribution is 0.0955.